The smallest absolute Gasteiger partial charge is 0.419 e. The number of benzene rings is 1. The van der Waals surface area contributed by atoms with Gasteiger partial charge in [-0.25, -0.2) is 0 Å². The number of hydrogen-bond donors (Lipinski definition) is 1. The lowest BCUT2D eigenvalue weighted by molar-refractivity contribution is -0.139. The molecule has 0 amide bonds. The van der Waals surface area contributed by atoms with Gasteiger partial charge in [0.1, 0.15) is 5.75 Å². The molecule has 1 aromatic carbocycles. The van der Waals surface area contributed by atoms with Crippen LogP contribution in [0.15, 0.2) is 18.2 Å². The summed E-state index contributed by atoms with van der Waals surface area (Å²) in [6.45, 7) is 5.83. The van der Waals surface area contributed by atoms with Gasteiger partial charge in [0.15, 0.2) is 0 Å². The SMILES string of the molecule is CC(C)COc1ccc(C2CCNCC2)cc1C(F)(F)F. The van der Waals surface area contributed by atoms with Crippen LogP contribution >= 0.6 is 0 Å². The van der Waals surface area contributed by atoms with Crippen molar-refractivity contribution in [2.24, 2.45) is 5.92 Å². The third kappa shape index (κ3) is 4.37. The third-order valence-electron chi connectivity index (χ3n) is 3.69. The highest BCUT2D eigenvalue weighted by Crippen LogP contribution is 2.39. The summed E-state index contributed by atoms with van der Waals surface area (Å²) in [6.07, 6.45) is -2.62. The second-order valence-electron chi connectivity index (χ2n) is 5.98. The molecule has 0 saturated carbocycles. The van der Waals surface area contributed by atoms with Gasteiger partial charge in [-0.15, -0.1) is 0 Å². The average Bonchev–Trinajstić information content (AvgIpc) is 2.45. The van der Waals surface area contributed by atoms with Crippen LogP contribution in [0.5, 0.6) is 5.75 Å². The van der Waals surface area contributed by atoms with Crippen LogP contribution in [0.25, 0.3) is 0 Å². The molecule has 0 unspecified atom stereocenters. The standard InChI is InChI=1S/C16H22F3NO/c1-11(2)10-21-15-4-3-13(9-14(15)16(17,18)19)12-5-7-20-8-6-12/h3-4,9,11-12,20H,5-8,10H2,1-2H3. The molecule has 2 nitrogen and oxygen atoms in total. The van der Waals surface area contributed by atoms with Crippen molar-refractivity contribution in [2.45, 2.75) is 38.8 Å². The Kier molecular flexibility index (Phi) is 5.14. The lowest BCUT2D eigenvalue weighted by Gasteiger charge is -2.24. The number of rotatable bonds is 4. The predicted octanol–water partition coefficient (Wildman–Crippen LogP) is 4.21. The predicted molar refractivity (Wildman–Crippen MR) is 76.6 cm³/mol. The Morgan fingerprint density at radius 1 is 1.24 bits per heavy atom. The number of ether oxygens (including phenoxy) is 1. The highest BCUT2D eigenvalue weighted by molar-refractivity contribution is 5.40. The first-order valence-corrected chi connectivity index (χ1v) is 7.42. The fourth-order valence-corrected chi connectivity index (χ4v) is 2.56. The summed E-state index contributed by atoms with van der Waals surface area (Å²) < 4.78 is 45.0. The average molecular weight is 301 g/mol. The van der Waals surface area contributed by atoms with Crippen LogP contribution < -0.4 is 10.1 Å². The third-order valence-corrected chi connectivity index (χ3v) is 3.69. The lowest BCUT2D eigenvalue weighted by Crippen LogP contribution is -2.26. The van der Waals surface area contributed by atoms with Gasteiger partial charge in [-0.2, -0.15) is 13.2 Å². The zero-order valence-corrected chi connectivity index (χ0v) is 12.5. The van der Waals surface area contributed by atoms with E-state index in [0.717, 1.165) is 31.5 Å². The van der Waals surface area contributed by atoms with E-state index in [9.17, 15) is 13.2 Å². The van der Waals surface area contributed by atoms with Crippen LogP contribution in [0.4, 0.5) is 13.2 Å². The fraction of sp³-hybridized carbons (Fsp3) is 0.625. The molecule has 0 aromatic heterocycles. The molecule has 0 aliphatic carbocycles. The molecule has 1 aliphatic rings. The first kappa shape index (κ1) is 16.1. The zero-order chi connectivity index (χ0) is 15.5. The maximum Gasteiger partial charge on any atom is 0.419 e. The Labute approximate surface area is 123 Å². The van der Waals surface area contributed by atoms with E-state index in [1.165, 1.54) is 12.1 Å². The summed E-state index contributed by atoms with van der Waals surface area (Å²) in [5, 5.41) is 3.23. The van der Waals surface area contributed by atoms with E-state index >= 15 is 0 Å². The van der Waals surface area contributed by atoms with Crippen molar-refractivity contribution in [2.75, 3.05) is 19.7 Å². The Morgan fingerprint density at radius 3 is 2.48 bits per heavy atom. The van der Waals surface area contributed by atoms with E-state index in [4.69, 9.17) is 4.74 Å². The number of halogens is 3. The van der Waals surface area contributed by atoms with Gasteiger partial charge in [0.05, 0.1) is 12.2 Å². The van der Waals surface area contributed by atoms with Crippen LogP contribution in [0.2, 0.25) is 0 Å². The van der Waals surface area contributed by atoms with Crippen molar-refractivity contribution >= 4 is 0 Å². The molecule has 0 bridgehead atoms. The van der Waals surface area contributed by atoms with Crippen LogP contribution in [0.3, 0.4) is 0 Å². The van der Waals surface area contributed by atoms with Crippen LogP contribution in [-0.4, -0.2) is 19.7 Å². The molecule has 1 aliphatic heterocycles. The lowest BCUT2D eigenvalue weighted by atomic mass is 9.89. The second kappa shape index (κ2) is 6.69. The summed E-state index contributed by atoms with van der Waals surface area (Å²) in [5.41, 5.74) is 0.111. The number of alkyl halides is 3. The fourth-order valence-electron chi connectivity index (χ4n) is 2.56. The van der Waals surface area contributed by atoms with Gasteiger partial charge in [-0.05, 0) is 55.5 Å². The maximum absolute atomic E-state index is 13.2. The monoisotopic (exact) mass is 301 g/mol. The molecule has 1 heterocycles. The Balaban J connectivity index is 2.26. The summed E-state index contributed by atoms with van der Waals surface area (Å²) in [6, 6.07) is 4.52. The van der Waals surface area contributed by atoms with Gasteiger partial charge < -0.3 is 10.1 Å². The van der Waals surface area contributed by atoms with E-state index in [1.54, 1.807) is 6.07 Å². The number of nitrogens with one attached hydrogen (secondary N) is 1. The van der Waals surface area contributed by atoms with E-state index in [1.807, 2.05) is 13.8 Å². The quantitative estimate of drug-likeness (QED) is 0.899. The van der Waals surface area contributed by atoms with Crippen molar-refractivity contribution in [3.8, 4) is 5.75 Å². The van der Waals surface area contributed by atoms with Crippen molar-refractivity contribution in [3.05, 3.63) is 29.3 Å². The second-order valence-corrected chi connectivity index (χ2v) is 5.98. The van der Waals surface area contributed by atoms with E-state index < -0.39 is 11.7 Å². The first-order chi connectivity index (χ1) is 9.88. The normalized spacial score (nSPS) is 17.2. The number of piperidine rings is 1. The van der Waals surface area contributed by atoms with Gasteiger partial charge in [-0.1, -0.05) is 19.9 Å². The van der Waals surface area contributed by atoms with Crippen LogP contribution in [-0.2, 0) is 6.18 Å². The Bertz CT molecular complexity index is 465. The van der Waals surface area contributed by atoms with Crippen molar-refractivity contribution in [1.29, 1.82) is 0 Å². The summed E-state index contributed by atoms with van der Waals surface area (Å²) in [5.74, 6) is 0.329. The summed E-state index contributed by atoms with van der Waals surface area (Å²) in [7, 11) is 0. The molecule has 5 heteroatoms. The molecule has 1 saturated heterocycles. The van der Waals surface area contributed by atoms with Gasteiger partial charge >= 0.3 is 6.18 Å². The molecule has 2 rings (SSSR count). The van der Waals surface area contributed by atoms with Crippen molar-refractivity contribution < 1.29 is 17.9 Å². The minimum absolute atomic E-state index is 0.0612. The van der Waals surface area contributed by atoms with Gasteiger partial charge in [0, 0.05) is 0 Å². The molecular weight excluding hydrogens is 279 g/mol. The molecule has 118 valence electrons. The Morgan fingerprint density at radius 2 is 1.90 bits per heavy atom. The molecule has 0 atom stereocenters. The molecule has 1 aromatic rings. The van der Waals surface area contributed by atoms with E-state index in [2.05, 4.69) is 5.32 Å². The molecular formula is C16H22F3NO. The first-order valence-electron chi connectivity index (χ1n) is 7.42. The van der Waals surface area contributed by atoms with Crippen molar-refractivity contribution in [3.63, 3.8) is 0 Å². The highest BCUT2D eigenvalue weighted by Gasteiger charge is 2.35. The van der Waals surface area contributed by atoms with Gasteiger partial charge in [-0.3, -0.25) is 0 Å². The molecule has 1 fully saturated rings. The van der Waals surface area contributed by atoms with Gasteiger partial charge in [0.2, 0.25) is 0 Å². The summed E-state index contributed by atoms with van der Waals surface area (Å²) >= 11 is 0. The van der Waals surface area contributed by atoms with Crippen LogP contribution in [0.1, 0.15) is 43.7 Å². The molecule has 1 N–H and O–H groups in total. The maximum atomic E-state index is 13.2. The van der Waals surface area contributed by atoms with Gasteiger partial charge in [0.25, 0.3) is 0 Å². The Hall–Kier alpha value is -1.23. The molecule has 0 radical (unpaired) electrons. The van der Waals surface area contributed by atoms with E-state index in [0.29, 0.717) is 0 Å². The topological polar surface area (TPSA) is 21.3 Å². The number of hydrogen-bond acceptors (Lipinski definition) is 2. The molecule has 0 spiro atoms. The van der Waals surface area contributed by atoms with E-state index in [-0.39, 0.29) is 24.2 Å². The molecule has 21 heavy (non-hydrogen) atoms. The highest BCUT2D eigenvalue weighted by atomic mass is 19.4. The minimum Gasteiger partial charge on any atom is -0.493 e. The summed E-state index contributed by atoms with van der Waals surface area (Å²) in [4.78, 5) is 0. The van der Waals surface area contributed by atoms with Crippen molar-refractivity contribution in [1.82, 2.24) is 5.32 Å². The largest absolute Gasteiger partial charge is 0.493 e. The minimum atomic E-state index is -4.38. The zero-order valence-electron chi connectivity index (χ0n) is 12.5. The van der Waals surface area contributed by atoms with Crippen LogP contribution in [0, 0.1) is 5.92 Å².